The van der Waals surface area contributed by atoms with Crippen LogP contribution in [-0.2, 0) is 4.74 Å². The number of alkyl halides is 1. The zero-order valence-electron chi connectivity index (χ0n) is 11.1. The summed E-state index contributed by atoms with van der Waals surface area (Å²) in [5.74, 6) is -0.0198. The number of nitrogens with zero attached hydrogens (tertiary/aromatic N) is 4. The van der Waals surface area contributed by atoms with Gasteiger partial charge in [-0.15, -0.1) is 0 Å². The molecule has 2 aromatic heterocycles. The predicted octanol–water partition coefficient (Wildman–Crippen LogP) is -1.03. The highest BCUT2D eigenvalue weighted by Gasteiger charge is 2.55. The van der Waals surface area contributed by atoms with Crippen molar-refractivity contribution in [2.24, 2.45) is 0 Å². The van der Waals surface area contributed by atoms with Crippen molar-refractivity contribution in [3.8, 4) is 0 Å². The Morgan fingerprint density at radius 1 is 1.48 bits per heavy atom. The number of aliphatic hydroxyl groups is 2. The molecule has 6 N–H and O–H groups in total. The molecule has 1 fully saturated rings. The van der Waals surface area contributed by atoms with Crippen molar-refractivity contribution in [3.05, 3.63) is 6.33 Å². The molecule has 1 aliphatic heterocycles. The minimum atomic E-state index is -2.14. The lowest BCUT2D eigenvalue weighted by Gasteiger charge is -2.24. The maximum absolute atomic E-state index is 14.8. The van der Waals surface area contributed by atoms with Gasteiger partial charge in [-0.3, -0.25) is 4.57 Å². The number of ether oxygens (including phenoxy) is 1. The second-order valence-electron chi connectivity index (χ2n) is 5.10. The van der Waals surface area contributed by atoms with Gasteiger partial charge in [0.2, 0.25) is 5.95 Å². The molecule has 10 heteroatoms. The van der Waals surface area contributed by atoms with Crippen LogP contribution in [0.1, 0.15) is 13.2 Å². The summed E-state index contributed by atoms with van der Waals surface area (Å²) in [6.07, 6.45) is -2.46. The van der Waals surface area contributed by atoms with Gasteiger partial charge in [-0.05, 0) is 6.92 Å². The van der Waals surface area contributed by atoms with Crippen molar-refractivity contribution >= 4 is 22.9 Å². The minimum Gasteiger partial charge on any atom is -0.394 e. The average Bonchev–Trinajstić information content (AvgIpc) is 2.91. The van der Waals surface area contributed by atoms with Gasteiger partial charge in [0, 0.05) is 0 Å². The topological polar surface area (TPSA) is 145 Å². The standard InChI is InChI=1S/C11H15FN6O3/c1-11(12)6(20)4(2-19)21-9(11)18-3-15-5-7(13)16-10(14)17-8(5)18/h3-4,6,9,19-20H,2H2,1H3,(H4,13,14,16,17)/t4-,6+,9-,11?/m1/s1. The number of fused-ring (bicyclic) bond motifs is 1. The molecule has 1 saturated heterocycles. The van der Waals surface area contributed by atoms with Crippen molar-refractivity contribution < 1.29 is 19.3 Å². The molecule has 0 aromatic carbocycles. The number of aliphatic hydroxyl groups excluding tert-OH is 2. The van der Waals surface area contributed by atoms with Crippen molar-refractivity contribution in [1.29, 1.82) is 0 Å². The van der Waals surface area contributed by atoms with E-state index in [0.717, 1.165) is 0 Å². The zero-order chi connectivity index (χ0) is 15.4. The molecule has 1 unspecified atom stereocenters. The summed E-state index contributed by atoms with van der Waals surface area (Å²) < 4.78 is 21.4. The lowest BCUT2D eigenvalue weighted by atomic mass is 9.98. The van der Waals surface area contributed by atoms with Crippen LogP contribution in [0.5, 0.6) is 0 Å². The third kappa shape index (κ3) is 1.91. The number of rotatable bonds is 2. The maximum atomic E-state index is 14.8. The second kappa shape index (κ2) is 4.48. The summed E-state index contributed by atoms with van der Waals surface area (Å²) in [5, 5.41) is 19.0. The fraction of sp³-hybridized carbons (Fsp3) is 0.545. The first-order chi connectivity index (χ1) is 9.86. The summed E-state index contributed by atoms with van der Waals surface area (Å²) >= 11 is 0. The molecule has 0 aliphatic carbocycles. The third-order valence-electron chi connectivity index (χ3n) is 3.62. The first-order valence-corrected chi connectivity index (χ1v) is 6.25. The van der Waals surface area contributed by atoms with Crippen LogP contribution >= 0.6 is 0 Å². The molecule has 4 atom stereocenters. The van der Waals surface area contributed by atoms with E-state index < -0.39 is 30.7 Å². The molecule has 0 saturated carbocycles. The van der Waals surface area contributed by atoms with Crippen molar-refractivity contribution in [1.82, 2.24) is 19.5 Å². The lowest BCUT2D eigenvalue weighted by Crippen LogP contribution is -2.40. The fourth-order valence-corrected chi connectivity index (χ4v) is 2.49. The van der Waals surface area contributed by atoms with Gasteiger partial charge in [0.25, 0.3) is 0 Å². The molecule has 21 heavy (non-hydrogen) atoms. The lowest BCUT2D eigenvalue weighted by molar-refractivity contribution is -0.0566. The monoisotopic (exact) mass is 298 g/mol. The molecule has 9 nitrogen and oxygen atoms in total. The number of halogens is 1. The zero-order valence-corrected chi connectivity index (χ0v) is 11.1. The molecule has 3 rings (SSSR count). The molecule has 2 aromatic rings. The number of nitrogen functional groups attached to an aromatic ring is 2. The number of anilines is 2. The number of hydrogen-bond donors (Lipinski definition) is 4. The Balaban J connectivity index is 2.13. The first kappa shape index (κ1) is 13.9. The largest absolute Gasteiger partial charge is 0.394 e. The molecule has 114 valence electrons. The van der Waals surface area contributed by atoms with Crippen molar-refractivity contribution in [2.45, 2.75) is 31.0 Å². The summed E-state index contributed by atoms with van der Waals surface area (Å²) in [6.45, 7) is 0.667. The van der Waals surface area contributed by atoms with Crippen molar-refractivity contribution in [2.75, 3.05) is 18.1 Å². The molecule has 0 bridgehead atoms. The smallest absolute Gasteiger partial charge is 0.224 e. The van der Waals surface area contributed by atoms with E-state index in [-0.39, 0.29) is 22.9 Å². The highest BCUT2D eigenvalue weighted by Crippen LogP contribution is 2.42. The maximum Gasteiger partial charge on any atom is 0.224 e. The molecular formula is C11H15FN6O3. The van der Waals surface area contributed by atoms with Crippen LogP contribution in [0.4, 0.5) is 16.2 Å². The Kier molecular flexibility index (Phi) is 2.97. The summed E-state index contributed by atoms with van der Waals surface area (Å²) in [6, 6.07) is 0. The summed E-state index contributed by atoms with van der Waals surface area (Å²) in [7, 11) is 0. The van der Waals surface area contributed by atoms with Gasteiger partial charge in [-0.25, -0.2) is 9.37 Å². The van der Waals surface area contributed by atoms with Crippen LogP contribution in [0, 0.1) is 0 Å². The van der Waals surface area contributed by atoms with Gasteiger partial charge in [0.05, 0.1) is 12.9 Å². The molecule has 0 radical (unpaired) electrons. The molecule has 0 amide bonds. The average molecular weight is 298 g/mol. The van der Waals surface area contributed by atoms with Crippen LogP contribution in [-0.4, -0.2) is 54.2 Å². The Hall–Kier alpha value is -2.04. The number of nitrogens with two attached hydrogens (primary N) is 2. The summed E-state index contributed by atoms with van der Waals surface area (Å²) in [5.41, 5.74) is 9.52. The fourth-order valence-electron chi connectivity index (χ4n) is 2.49. The van der Waals surface area contributed by atoms with Crippen LogP contribution < -0.4 is 11.5 Å². The van der Waals surface area contributed by atoms with E-state index in [4.69, 9.17) is 21.3 Å². The summed E-state index contributed by atoms with van der Waals surface area (Å²) in [4.78, 5) is 11.8. The van der Waals surface area contributed by atoms with E-state index in [1.54, 1.807) is 0 Å². The van der Waals surface area contributed by atoms with E-state index in [1.807, 2.05) is 0 Å². The van der Waals surface area contributed by atoms with Gasteiger partial charge in [0.15, 0.2) is 23.4 Å². The SMILES string of the molecule is CC1(F)[C@@H](O)[C@@H](CO)O[C@H]1n1cnc2c(N)nc(N)nc21. The van der Waals surface area contributed by atoms with E-state index in [2.05, 4.69) is 15.0 Å². The molecule has 3 heterocycles. The third-order valence-corrected chi connectivity index (χ3v) is 3.62. The highest BCUT2D eigenvalue weighted by atomic mass is 19.1. The quantitative estimate of drug-likeness (QED) is 0.550. The van der Waals surface area contributed by atoms with E-state index in [1.165, 1.54) is 17.8 Å². The molecular weight excluding hydrogens is 283 g/mol. The van der Waals surface area contributed by atoms with Crippen LogP contribution in [0.15, 0.2) is 6.33 Å². The minimum absolute atomic E-state index is 0.0639. The molecule has 1 aliphatic rings. The van der Waals surface area contributed by atoms with Crippen molar-refractivity contribution in [3.63, 3.8) is 0 Å². The Bertz CT molecular complexity index is 690. The first-order valence-electron chi connectivity index (χ1n) is 6.25. The number of imidazole rings is 1. The van der Waals surface area contributed by atoms with E-state index in [9.17, 15) is 9.50 Å². The van der Waals surface area contributed by atoms with E-state index >= 15 is 0 Å². The van der Waals surface area contributed by atoms with Crippen LogP contribution in [0.2, 0.25) is 0 Å². The van der Waals surface area contributed by atoms with Gasteiger partial charge >= 0.3 is 0 Å². The van der Waals surface area contributed by atoms with Crippen LogP contribution in [0.25, 0.3) is 11.2 Å². The van der Waals surface area contributed by atoms with Gasteiger partial charge in [-0.2, -0.15) is 9.97 Å². The Labute approximate surface area is 118 Å². The Morgan fingerprint density at radius 3 is 2.81 bits per heavy atom. The number of aromatic nitrogens is 4. The number of hydrogen-bond acceptors (Lipinski definition) is 8. The highest BCUT2D eigenvalue weighted by molar-refractivity contribution is 5.82. The predicted molar refractivity (Wildman–Crippen MR) is 70.7 cm³/mol. The normalized spacial score (nSPS) is 32.9. The Morgan fingerprint density at radius 2 is 2.19 bits per heavy atom. The van der Waals surface area contributed by atoms with Gasteiger partial charge in [-0.1, -0.05) is 0 Å². The van der Waals surface area contributed by atoms with Crippen LogP contribution in [0.3, 0.4) is 0 Å². The van der Waals surface area contributed by atoms with E-state index in [0.29, 0.717) is 0 Å². The molecule has 0 spiro atoms. The van der Waals surface area contributed by atoms with Gasteiger partial charge in [0.1, 0.15) is 17.7 Å². The second-order valence-corrected chi connectivity index (χ2v) is 5.10. The van der Waals surface area contributed by atoms with Gasteiger partial charge < -0.3 is 26.4 Å².